The minimum atomic E-state index is -3.58. The number of carbonyl (C=O) groups excluding carboxylic acids is 1. The van der Waals surface area contributed by atoms with Crippen LogP contribution in [0.1, 0.15) is 22.7 Å². The Morgan fingerprint density at radius 1 is 1.50 bits per heavy atom. The fourth-order valence-electron chi connectivity index (χ4n) is 1.11. The van der Waals surface area contributed by atoms with Crippen molar-refractivity contribution in [1.82, 2.24) is 5.16 Å². The Labute approximate surface area is 102 Å². The van der Waals surface area contributed by atoms with E-state index in [4.69, 9.17) is 5.11 Å². The van der Waals surface area contributed by atoms with Gasteiger partial charge < -0.3 is 14.4 Å². The summed E-state index contributed by atoms with van der Waals surface area (Å²) in [5.74, 6) is -2.94. The van der Waals surface area contributed by atoms with Crippen LogP contribution in [0.2, 0.25) is 0 Å². The zero-order valence-electron chi connectivity index (χ0n) is 9.45. The van der Waals surface area contributed by atoms with Crippen molar-refractivity contribution < 1.29 is 32.4 Å². The van der Waals surface area contributed by atoms with Crippen LogP contribution in [0.3, 0.4) is 0 Å². The van der Waals surface area contributed by atoms with E-state index in [-0.39, 0.29) is 17.9 Å². The normalized spacial score (nSPS) is 11.2. The zero-order chi connectivity index (χ0) is 13.8. The van der Waals surface area contributed by atoms with Crippen molar-refractivity contribution in [1.29, 1.82) is 0 Å². The molecule has 1 aromatic rings. The zero-order valence-corrected chi connectivity index (χ0v) is 10.3. The fourth-order valence-corrected chi connectivity index (χ4v) is 2.30. The molecular weight excluding hydrogens is 266 g/mol. The Kier molecular flexibility index (Phi) is 4.43. The lowest BCUT2D eigenvalue weighted by Gasteiger charge is -2.00. The highest BCUT2D eigenvalue weighted by molar-refractivity contribution is 7.90. The van der Waals surface area contributed by atoms with E-state index in [1.807, 2.05) is 0 Å². The molecule has 1 rings (SSSR count). The van der Waals surface area contributed by atoms with Gasteiger partial charge in [0.05, 0.1) is 19.3 Å². The highest BCUT2D eigenvalue weighted by Gasteiger charge is 2.19. The SMILES string of the molecule is COC(=O)CCS(=O)(=O)Cc1cc(C(=O)O)no1. The number of carbonyl (C=O) groups is 2. The molecule has 0 aliphatic rings. The minimum Gasteiger partial charge on any atom is -0.476 e. The molecule has 0 bridgehead atoms. The van der Waals surface area contributed by atoms with Crippen LogP contribution in [-0.2, 0) is 25.1 Å². The van der Waals surface area contributed by atoms with Crippen LogP contribution in [0.25, 0.3) is 0 Å². The predicted octanol–water partition coefficient (Wildman–Crippen LogP) is -0.149. The van der Waals surface area contributed by atoms with Gasteiger partial charge in [0.1, 0.15) is 5.75 Å². The minimum absolute atomic E-state index is 0.0859. The third-order valence-electron chi connectivity index (χ3n) is 1.99. The first-order chi connectivity index (χ1) is 8.34. The average Bonchev–Trinajstić information content (AvgIpc) is 2.73. The van der Waals surface area contributed by atoms with Gasteiger partial charge in [-0.15, -0.1) is 0 Å². The van der Waals surface area contributed by atoms with E-state index in [2.05, 4.69) is 14.4 Å². The Morgan fingerprint density at radius 2 is 2.17 bits per heavy atom. The summed E-state index contributed by atoms with van der Waals surface area (Å²) in [5.41, 5.74) is -0.367. The third-order valence-corrected chi connectivity index (χ3v) is 3.54. The van der Waals surface area contributed by atoms with E-state index in [0.29, 0.717) is 0 Å². The molecule has 100 valence electrons. The van der Waals surface area contributed by atoms with Crippen molar-refractivity contribution in [2.45, 2.75) is 12.2 Å². The molecule has 0 unspecified atom stereocenters. The van der Waals surface area contributed by atoms with Crippen LogP contribution < -0.4 is 0 Å². The van der Waals surface area contributed by atoms with Crippen LogP contribution in [0, 0.1) is 0 Å². The number of aromatic carboxylic acids is 1. The summed E-state index contributed by atoms with van der Waals surface area (Å²) in [5, 5.41) is 11.8. The number of carboxylic acids is 1. The van der Waals surface area contributed by atoms with Crippen molar-refractivity contribution >= 4 is 21.8 Å². The van der Waals surface area contributed by atoms with E-state index in [0.717, 1.165) is 13.2 Å². The van der Waals surface area contributed by atoms with Crippen LogP contribution in [0.5, 0.6) is 0 Å². The van der Waals surface area contributed by atoms with E-state index in [1.165, 1.54) is 0 Å². The lowest BCUT2D eigenvalue weighted by atomic mass is 10.4. The Balaban J connectivity index is 2.64. The first-order valence-electron chi connectivity index (χ1n) is 4.80. The molecular formula is C9H11NO7S. The number of nitrogens with zero attached hydrogens (tertiary/aromatic N) is 1. The summed E-state index contributed by atoms with van der Waals surface area (Å²) in [4.78, 5) is 21.3. The maximum absolute atomic E-state index is 11.6. The molecule has 0 amide bonds. The van der Waals surface area contributed by atoms with Gasteiger partial charge in [0.25, 0.3) is 0 Å². The van der Waals surface area contributed by atoms with E-state index < -0.39 is 33.3 Å². The number of ether oxygens (including phenoxy) is 1. The summed E-state index contributed by atoms with van der Waals surface area (Å²) in [6, 6.07) is 1.03. The number of aromatic nitrogens is 1. The molecule has 0 radical (unpaired) electrons. The summed E-state index contributed by atoms with van der Waals surface area (Å²) in [7, 11) is -2.42. The van der Waals surface area contributed by atoms with Gasteiger partial charge in [-0.3, -0.25) is 4.79 Å². The highest BCUT2D eigenvalue weighted by Crippen LogP contribution is 2.10. The Hall–Kier alpha value is -1.90. The lowest BCUT2D eigenvalue weighted by molar-refractivity contribution is -0.140. The number of sulfone groups is 1. The largest absolute Gasteiger partial charge is 0.476 e. The lowest BCUT2D eigenvalue weighted by Crippen LogP contribution is -2.13. The molecule has 0 spiro atoms. The van der Waals surface area contributed by atoms with Crippen molar-refractivity contribution in [3.8, 4) is 0 Å². The second-order valence-corrected chi connectivity index (χ2v) is 5.59. The first kappa shape index (κ1) is 14.2. The first-order valence-corrected chi connectivity index (χ1v) is 6.62. The monoisotopic (exact) mass is 277 g/mol. The molecule has 18 heavy (non-hydrogen) atoms. The van der Waals surface area contributed by atoms with Gasteiger partial charge in [-0.1, -0.05) is 5.16 Å². The summed E-state index contributed by atoms with van der Waals surface area (Å²) in [6.45, 7) is 0. The van der Waals surface area contributed by atoms with Gasteiger partial charge in [0.15, 0.2) is 21.3 Å². The topological polar surface area (TPSA) is 124 Å². The molecule has 0 atom stereocenters. The summed E-state index contributed by atoms with van der Waals surface area (Å²) in [6.07, 6.45) is -0.265. The molecule has 0 aliphatic heterocycles. The molecule has 0 aliphatic carbocycles. The van der Waals surface area contributed by atoms with Gasteiger partial charge in [-0.05, 0) is 0 Å². The maximum atomic E-state index is 11.6. The number of rotatable bonds is 6. The predicted molar refractivity (Wildman–Crippen MR) is 57.6 cm³/mol. The summed E-state index contributed by atoms with van der Waals surface area (Å²) < 4.78 is 32.0. The maximum Gasteiger partial charge on any atom is 0.358 e. The third kappa shape index (κ3) is 4.17. The van der Waals surface area contributed by atoms with Crippen molar-refractivity contribution in [2.75, 3.05) is 12.9 Å². The molecule has 1 heterocycles. The number of methoxy groups -OCH3 is 1. The quantitative estimate of drug-likeness (QED) is 0.712. The van der Waals surface area contributed by atoms with Gasteiger partial charge in [-0.25, -0.2) is 13.2 Å². The van der Waals surface area contributed by atoms with Crippen LogP contribution >= 0.6 is 0 Å². The van der Waals surface area contributed by atoms with E-state index >= 15 is 0 Å². The molecule has 0 saturated carbocycles. The summed E-state index contributed by atoms with van der Waals surface area (Å²) >= 11 is 0. The molecule has 1 aromatic heterocycles. The van der Waals surface area contributed by atoms with E-state index in [1.54, 1.807) is 0 Å². The molecule has 0 fully saturated rings. The standard InChI is InChI=1S/C9H11NO7S/c1-16-8(11)2-3-18(14,15)5-6-4-7(9(12)13)10-17-6/h4H,2-3,5H2,1H3,(H,12,13). The number of hydrogen-bond donors (Lipinski definition) is 1. The number of hydrogen-bond acceptors (Lipinski definition) is 7. The van der Waals surface area contributed by atoms with Crippen LogP contribution in [-0.4, -0.2) is 43.5 Å². The molecule has 9 heteroatoms. The molecule has 0 saturated heterocycles. The highest BCUT2D eigenvalue weighted by atomic mass is 32.2. The van der Waals surface area contributed by atoms with Gasteiger partial charge in [0, 0.05) is 6.07 Å². The van der Waals surface area contributed by atoms with Crippen LogP contribution in [0.4, 0.5) is 0 Å². The number of carboxylic acid groups (broad SMARTS) is 1. The second-order valence-electron chi connectivity index (χ2n) is 3.40. The second kappa shape index (κ2) is 5.63. The van der Waals surface area contributed by atoms with Gasteiger partial charge in [0.2, 0.25) is 0 Å². The smallest absolute Gasteiger partial charge is 0.358 e. The van der Waals surface area contributed by atoms with Crippen LogP contribution in [0.15, 0.2) is 10.6 Å². The molecule has 8 nitrogen and oxygen atoms in total. The van der Waals surface area contributed by atoms with Crippen molar-refractivity contribution in [2.24, 2.45) is 0 Å². The van der Waals surface area contributed by atoms with Crippen molar-refractivity contribution in [3.63, 3.8) is 0 Å². The molecule has 1 N–H and O–H groups in total. The van der Waals surface area contributed by atoms with E-state index in [9.17, 15) is 18.0 Å². The van der Waals surface area contributed by atoms with Gasteiger partial charge in [-0.2, -0.15) is 0 Å². The molecule has 0 aromatic carbocycles. The van der Waals surface area contributed by atoms with Crippen molar-refractivity contribution in [3.05, 3.63) is 17.5 Å². The Bertz CT molecular complexity index is 545. The average molecular weight is 277 g/mol. The fraction of sp³-hybridized carbons (Fsp3) is 0.444. The number of esters is 1. The van der Waals surface area contributed by atoms with Gasteiger partial charge >= 0.3 is 11.9 Å². The Morgan fingerprint density at radius 3 is 2.67 bits per heavy atom.